The highest BCUT2D eigenvalue weighted by atomic mass is 16.2. The molecule has 1 N–H and O–H groups in total. The van der Waals surface area contributed by atoms with Crippen molar-refractivity contribution >= 4 is 11.9 Å². The van der Waals surface area contributed by atoms with Crippen LogP contribution in [0.2, 0.25) is 0 Å². The first kappa shape index (κ1) is 17.7. The Balaban J connectivity index is 1.86. The first-order chi connectivity index (χ1) is 11.0. The monoisotopic (exact) mass is 320 g/mol. The van der Waals surface area contributed by atoms with Gasteiger partial charge in [-0.1, -0.05) is 26.2 Å². The van der Waals surface area contributed by atoms with E-state index in [1.54, 1.807) is 6.92 Å². The Kier molecular flexibility index (Phi) is 6.00. The quantitative estimate of drug-likeness (QED) is 0.576. The Bertz CT molecular complexity index is 477. The fraction of sp³-hybridized carbons (Fsp3) is 0.824. The molecule has 2 aliphatic heterocycles. The first-order valence-corrected chi connectivity index (χ1v) is 8.78. The molecule has 2 fully saturated rings. The zero-order valence-corrected chi connectivity index (χ0v) is 14.3. The van der Waals surface area contributed by atoms with E-state index in [2.05, 4.69) is 23.2 Å². The lowest BCUT2D eigenvalue weighted by Crippen LogP contribution is -2.55. The minimum Gasteiger partial charge on any atom is -0.323 e. The van der Waals surface area contributed by atoms with Gasteiger partial charge in [-0.15, -0.1) is 0 Å². The number of hydrogen-bond acceptors (Lipinski definition) is 4. The molecule has 2 aliphatic rings. The molecule has 0 aromatic rings. The Morgan fingerprint density at radius 1 is 1.26 bits per heavy atom. The standard InChI is InChI=1S/C17H28N4O2/c1-3-4-5-6-9-20-10-7-17(8-11-20)15(22)21(16(23)19-17)13-14(2)12-18/h14H,3-11,13H2,1-2H3,(H,19,23). The van der Waals surface area contributed by atoms with Crippen LogP contribution in [0.4, 0.5) is 4.79 Å². The maximum atomic E-state index is 12.7. The molecule has 0 bridgehead atoms. The molecule has 1 unspecified atom stereocenters. The minimum absolute atomic E-state index is 0.143. The molecule has 0 saturated carbocycles. The maximum Gasteiger partial charge on any atom is 0.325 e. The van der Waals surface area contributed by atoms with Gasteiger partial charge in [0.1, 0.15) is 5.54 Å². The Labute approximate surface area is 138 Å². The highest BCUT2D eigenvalue weighted by Gasteiger charge is 2.52. The maximum absolute atomic E-state index is 12.7. The summed E-state index contributed by atoms with van der Waals surface area (Å²) in [6.45, 7) is 6.89. The highest BCUT2D eigenvalue weighted by Crippen LogP contribution is 2.30. The number of amides is 3. The summed E-state index contributed by atoms with van der Waals surface area (Å²) in [6, 6.07) is 1.74. The van der Waals surface area contributed by atoms with Crippen molar-refractivity contribution in [3.63, 3.8) is 0 Å². The van der Waals surface area contributed by atoms with Gasteiger partial charge in [0.25, 0.3) is 5.91 Å². The van der Waals surface area contributed by atoms with Gasteiger partial charge >= 0.3 is 6.03 Å². The van der Waals surface area contributed by atoms with Crippen molar-refractivity contribution in [1.29, 1.82) is 5.26 Å². The number of hydrogen-bond donors (Lipinski definition) is 1. The van der Waals surface area contributed by atoms with Crippen LogP contribution >= 0.6 is 0 Å². The summed E-state index contributed by atoms with van der Waals surface area (Å²) in [5.74, 6) is -0.478. The lowest BCUT2D eigenvalue weighted by atomic mass is 9.87. The van der Waals surface area contributed by atoms with E-state index in [1.165, 1.54) is 30.6 Å². The molecular formula is C17H28N4O2. The van der Waals surface area contributed by atoms with E-state index in [0.717, 1.165) is 19.6 Å². The van der Waals surface area contributed by atoms with Crippen molar-refractivity contribution in [2.24, 2.45) is 5.92 Å². The van der Waals surface area contributed by atoms with Crippen LogP contribution in [-0.4, -0.2) is 53.5 Å². The van der Waals surface area contributed by atoms with Crippen LogP contribution in [0.25, 0.3) is 0 Å². The largest absolute Gasteiger partial charge is 0.325 e. The van der Waals surface area contributed by atoms with E-state index in [9.17, 15) is 9.59 Å². The number of nitrogens with one attached hydrogen (secondary N) is 1. The predicted octanol–water partition coefficient (Wildman–Crippen LogP) is 2.11. The normalized spacial score (nSPS) is 22.2. The predicted molar refractivity (Wildman–Crippen MR) is 87.6 cm³/mol. The van der Waals surface area contributed by atoms with Gasteiger partial charge in [0.05, 0.1) is 12.0 Å². The summed E-state index contributed by atoms with van der Waals surface area (Å²) < 4.78 is 0. The molecule has 128 valence electrons. The summed E-state index contributed by atoms with van der Waals surface area (Å²) >= 11 is 0. The van der Waals surface area contributed by atoms with E-state index >= 15 is 0 Å². The molecule has 6 heteroatoms. The molecular weight excluding hydrogens is 292 g/mol. The third-order valence-corrected chi connectivity index (χ3v) is 4.96. The van der Waals surface area contributed by atoms with Crippen LogP contribution in [0.15, 0.2) is 0 Å². The molecule has 1 spiro atoms. The van der Waals surface area contributed by atoms with E-state index in [1.807, 2.05) is 0 Å². The van der Waals surface area contributed by atoms with Gasteiger partial charge in [-0.3, -0.25) is 9.69 Å². The number of likely N-dealkylation sites (tertiary alicyclic amines) is 1. The second-order valence-corrected chi connectivity index (χ2v) is 6.86. The van der Waals surface area contributed by atoms with E-state index in [4.69, 9.17) is 5.26 Å². The number of carbonyl (C=O) groups excluding carboxylic acids is 2. The molecule has 6 nitrogen and oxygen atoms in total. The molecule has 2 saturated heterocycles. The van der Waals surface area contributed by atoms with Crippen molar-refractivity contribution in [2.75, 3.05) is 26.2 Å². The topological polar surface area (TPSA) is 76.4 Å². The smallest absolute Gasteiger partial charge is 0.323 e. The van der Waals surface area contributed by atoms with Crippen molar-refractivity contribution in [3.8, 4) is 6.07 Å². The molecule has 2 rings (SSSR count). The fourth-order valence-electron chi connectivity index (χ4n) is 3.42. The fourth-order valence-corrected chi connectivity index (χ4v) is 3.42. The molecule has 0 aliphatic carbocycles. The number of nitrogens with zero attached hydrogens (tertiary/aromatic N) is 3. The van der Waals surface area contributed by atoms with Gasteiger partial charge < -0.3 is 10.2 Å². The number of unbranched alkanes of at least 4 members (excludes halogenated alkanes) is 3. The molecule has 2 heterocycles. The summed E-state index contributed by atoms with van der Waals surface area (Å²) in [4.78, 5) is 28.4. The van der Waals surface area contributed by atoms with Crippen LogP contribution in [0.5, 0.6) is 0 Å². The van der Waals surface area contributed by atoms with E-state index in [0.29, 0.717) is 12.8 Å². The number of imide groups is 1. The lowest BCUT2D eigenvalue weighted by Gasteiger charge is -2.37. The SMILES string of the molecule is CCCCCCN1CCC2(CC1)NC(=O)N(CC(C)C#N)C2=O. The molecule has 0 radical (unpaired) electrons. The van der Waals surface area contributed by atoms with Crippen molar-refractivity contribution < 1.29 is 9.59 Å². The Morgan fingerprint density at radius 3 is 2.57 bits per heavy atom. The van der Waals surface area contributed by atoms with Gasteiger partial charge in [-0.2, -0.15) is 5.26 Å². The van der Waals surface area contributed by atoms with Crippen molar-refractivity contribution in [1.82, 2.24) is 15.1 Å². The summed E-state index contributed by atoms with van der Waals surface area (Å²) in [5.41, 5.74) is -0.730. The summed E-state index contributed by atoms with van der Waals surface area (Å²) in [5, 5.41) is 11.8. The number of nitriles is 1. The second-order valence-electron chi connectivity index (χ2n) is 6.86. The van der Waals surface area contributed by atoms with Crippen molar-refractivity contribution in [3.05, 3.63) is 0 Å². The van der Waals surface area contributed by atoms with Crippen LogP contribution in [-0.2, 0) is 4.79 Å². The average Bonchev–Trinajstić information content (AvgIpc) is 2.77. The lowest BCUT2D eigenvalue weighted by molar-refractivity contribution is -0.133. The highest BCUT2D eigenvalue weighted by molar-refractivity contribution is 6.07. The summed E-state index contributed by atoms with van der Waals surface area (Å²) in [7, 11) is 0. The zero-order valence-electron chi connectivity index (χ0n) is 14.3. The summed E-state index contributed by atoms with van der Waals surface area (Å²) in [6.07, 6.45) is 6.31. The minimum atomic E-state index is -0.730. The molecule has 23 heavy (non-hydrogen) atoms. The van der Waals surface area contributed by atoms with Crippen LogP contribution in [0, 0.1) is 17.2 Å². The number of piperidine rings is 1. The van der Waals surface area contributed by atoms with Crippen LogP contribution in [0.3, 0.4) is 0 Å². The molecule has 0 aromatic carbocycles. The number of rotatable bonds is 7. The van der Waals surface area contributed by atoms with Gasteiger partial charge in [-0.05, 0) is 32.7 Å². The molecule has 0 aromatic heterocycles. The van der Waals surface area contributed by atoms with Crippen molar-refractivity contribution in [2.45, 2.75) is 57.9 Å². The third kappa shape index (κ3) is 4.03. The van der Waals surface area contributed by atoms with Gasteiger partial charge in [-0.25, -0.2) is 4.79 Å². The third-order valence-electron chi connectivity index (χ3n) is 4.96. The number of carbonyl (C=O) groups is 2. The Morgan fingerprint density at radius 2 is 1.96 bits per heavy atom. The molecule has 3 amide bonds. The van der Waals surface area contributed by atoms with Crippen LogP contribution < -0.4 is 5.32 Å². The Hall–Kier alpha value is -1.61. The van der Waals surface area contributed by atoms with Gasteiger partial charge in [0, 0.05) is 19.6 Å². The average molecular weight is 320 g/mol. The zero-order chi connectivity index (χ0) is 16.9. The number of urea groups is 1. The van der Waals surface area contributed by atoms with E-state index in [-0.39, 0.29) is 24.4 Å². The molecule has 1 atom stereocenters. The van der Waals surface area contributed by atoms with Gasteiger partial charge in [0.2, 0.25) is 0 Å². The first-order valence-electron chi connectivity index (χ1n) is 8.78. The second kappa shape index (κ2) is 7.78. The van der Waals surface area contributed by atoms with E-state index < -0.39 is 5.54 Å². The van der Waals surface area contributed by atoms with Gasteiger partial charge in [0.15, 0.2) is 0 Å². The van der Waals surface area contributed by atoms with Crippen LogP contribution in [0.1, 0.15) is 52.4 Å².